The Morgan fingerprint density at radius 2 is 2.14 bits per heavy atom. The van der Waals surface area contributed by atoms with E-state index < -0.39 is 0 Å². The maximum absolute atomic E-state index is 12.7. The van der Waals surface area contributed by atoms with Crippen molar-refractivity contribution in [3.05, 3.63) is 23.4 Å². The largest absolute Gasteiger partial charge is 0.379 e. The minimum Gasteiger partial charge on any atom is -0.379 e. The Hall–Kier alpha value is -1.62. The normalized spacial score (nSPS) is 18.6. The van der Waals surface area contributed by atoms with Gasteiger partial charge in [0.15, 0.2) is 0 Å². The van der Waals surface area contributed by atoms with Gasteiger partial charge in [0.2, 0.25) is 0 Å². The molecule has 2 heterocycles. The fraction of sp³-hybridized carbons (Fsp3) is 0.625. The summed E-state index contributed by atoms with van der Waals surface area (Å²) in [5.41, 5.74) is 1.49. The lowest BCUT2D eigenvalue weighted by Crippen LogP contribution is -2.37. The highest BCUT2D eigenvalue weighted by Gasteiger charge is 2.26. The SMILES string of the molecule is CNc1cc(C(=O)N(C)C2CCOC2)cc(C(C)(C)C)n1. The standard InChI is InChI=1S/C16H25N3O2/c1-16(2,3)13-8-11(9-14(17-4)18-13)15(20)19(5)12-6-7-21-10-12/h8-9,12H,6-7,10H2,1-5H3,(H,17,18). The summed E-state index contributed by atoms with van der Waals surface area (Å²) >= 11 is 0. The van der Waals surface area contributed by atoms with Crippen LogP contribution in [0.25, 0.3) is 0 Å². The molecule has 1 amide bonds. The molecule has 1 aromatic heterocycles. The van der Waals surface area contributed by atoms with Crippen LogP contribution in [0.5, 0.6) is 0 Å². The third kappa shape index (κ3) is 3.53. The number of rotatable bonds is 3. The summed E-state index contributed by atoms with van der Waals surface area (Å²) < 4.78 is 5.37. The van der Waals surface area contributed by atoms with Crippen LogP contribution in [0.1, 0.15) is 43.2 Å². The second kappa shape index (κ2) is 6.02. The Bertz CT molecular complexity index is 517. The Morgan fingerprint density at radius 1 is 1.43 bits per heavy atom. The van der Waals surface area contributed by atoms with Gasteiger partial charge in [-0.25, -0.2) is 4.98 Å². The van der Waals surface area contributed by atoms with Crippen LogP contribution in [0, 0.1) is 0 Å². The predicted octanol–water partition coefficient (Wildman–Crippen LogP) is 2.28. The third-order valence-corrected chi connectivity index (χ3v) is 3.87. The number of nitrogens with zero attached hydrogens (tertiary/aromatic N) is 2. The minimum atomic E-state index is -0.100. The molecule has 5 heteroatoms. The number of anilines is 1. The van der Waals surface area contributed by atoms with E-state index >= 15 is 0 Å². The molecule has 0 bridgehead atoms. The zero-order valence-electron chi connectivity index (χ0n) is 13.6. The van der Waals surface area contributed by atoms with Crippen LogP contribution in [0.15, 0.2) is 12.1 Å². The van der Waals surface area contributed by atoms with Crippen molar-refractivity contribution in [2.24, 2.45) is 0 Å². The van der Waals surface area contributed by atoms with Crippen molar-refractivity contribution in [1.29, 1.82) is 0 Å². The number of ether oxygens (including phenoxy) is 1. The zero-order chi connectivity index (χ0) is 15.6. The van der Waals surface area contributed by atoms with Crippen molar-refractivity contribution >= 4 is 11.7 Å². The Balaban J connectivity index is 2.31. The minimum absolute atomic E-state index is 0.0231. The van der Waals surface area contributed by atoms with E-state index in [0.717, 1.165) is 24.5 Å². The summed E-state index contributed by atoms with van der Waals surface area (Å²) in [6.45, 7) is 7.64. The molecule has 1 unspecified atom stereocenters. The van der Waals surface area contributed by atoms with E-state index in [1.54, 1.807) is 4.90 Å². The van der Waals surface area contributed by atoms with E-state index in [1.165, 1.54) is 0 Å². The van der Waals surface area contributed by atoms with Gasteiger partial charge in [-0.15, -0.1) is 0 Å². The van der Waals surface area contributed by atoms with E-state index in [4.69, 9.17) is 4.74 Å². The Labute approximate surface area is 126 Å². The second-order valence-corrected chi connectivity index (χ2v) is 6.56. The molecular formula is C16H25N3O2. The molecule has 1 aliphatic heterocycles. The molecule has 1 aromatic rings. The van der Waals surface area contributed by atoms with Gasteiger partial charge in [-0.05, 0) is 18.6 Å². The van der Waals surface area contributed by atoms with Gasteiger partial charge in [-0.3, -0.25) is 4.79 Å². The molecule has 0 aliphatic carbocycles. The maximum atomic E-state index is 12.7. The predicted molar refractivity (Wildman–Crippen MR) is 83.8 cm³/mol. The molecule has 0 aromatic carbocycles. The summed E-state index contributed by atoms with van der Waals surface area (Å²) in [6.07, 6.45) is 0.901. The number of pyridine rings is 1. The van der Waals surface area contributed by atoms with Crippen LogP contribution in [0.3, 0.4) is 0 Å². The summed E-state index contributed by atoms with van der Waals surface area (Å²) in [4.78, 5) is 19.0. The van der Waals surface area contributed by atoms with E-state index in [2.05, 4.69) is 31.1 Å². The van der Waals surface area contributed by atoms with Crippen LogP contribution in [-0.2, 0) is 10.2 Å². The molecule has 0 radical (unpaired) electrons. The van der Waals surface area contributed by atoms with E-state index in [-0.39, 0.29) is 17.4 Å². The number of aromatic nitrogens is 1. The van der Waals surface area contributed by atoms with Gasteiger partial charge in [0.05, 0.1) is 12.6 Å². The molecule has 116 valence electrons. The van der Waals surface area contributed by atoms with E-state index in [1.807, 2.05) is 26.2 Å². The van der Waals surface area contributed by atoms with Crippen molar-refractivity contribution < 1.29 is 9.53 Å². The highest BCUT2D eigenvalue weighted by molar-refractivity contribution is 5.95. The fourth-order valence-electron chi connectivity index (χ4n) is 2.36. The van der Waals surface area contributed by atoms with Gasteiger partial charge in [0.25, 0.3) is 5.91 Å². The van der Waals surface area contributed by atoms with E-state index in [9.17, 15) is 4.79 Å². The smallest absolute Gasteiger partial charge is 0.254 e. The second-order valence-electron chi connectivity index (χ2n) is 6.56. The van der Waals surface area contributed by atoms with Crippen molar-refractivity contribution in [1.82, 2.24) is 9.88 Å². The van der Waals surface area contributed by atoms with Crippen LogP contribution in [0.2, 0.25) is 0 Å². The molecule has 2 rings (SSSR count). The summed E-state index contributed by atoms with van der Waals surface area (Å²) in [5.74, 6) is 0.747. The zero-order valence-corrected chi connectivity index (χ0v) is 13.6. The molecule has 0 saturated carbocycles. The first kappa shape index (κ1) is 15.8. The maximum Gasteiger partial charge on any atom is 0.254 e. The van der Waals surface area contributed by atoms with Crippen molar-refractivity contribution in [2.75, 3.05) is 32.6 Å². The Morgan fingerprint density at radius 3 is 2.67 bits per heavy atom. The third-order valence-electron chi connectivity index (χ3n) is 3.87. The molecule has 1 N–H and O–H groups in total. The van der Waals surface area contributed by atoms with Crippen LogP contribution < -0.4 is 5.32 Å². The van der Waals surface area contributed by atoms with Crippen molar-refractivity contribution in [3.63, 3.8) is 0 Å². The molecular weight excluding hydrogens is 266 g/mol. The average molecular weight is 291 g/mol. The summed E-state index contributed by atoms with van der Waals surface area (Å²) in [5, 5.41) is 3.04. The van der Waals surface area contributed by atoms with Gasteiger partial charge < -0.3 is 15.0 Å². The number of hydrogen-bond acceptors (Lipinski definition) is 4. The molecule has 1 aliphatic rings. The number of nitrogens with one attached hydrogen (secondary N) is 1. The molecule has 0 spiro atoms. The molecule has 1 fully saturated rings. The topological polar surface area (TPSA) is 54.5 Å². The van der Waals surface area contributed by atoms with Gasteiger partial charge in [0.1, 0.15) is 5.82 Å². The van der Waals surface area contributed by atoms with Crippen LogP contribution >= 0.6 is 0 Å². The van der Waals surface area contributed by atoms with Crippen LogP contribution in [0.4, 0.5) is 5.82 Å². The van der Waals surface area contributed by atoms with Gasteiger partial charge >= 0.3 is 0 Å². The van der Waals surface area contributed by atoms with Gasteiger partial charge in [-0.2, -0.15) is 0 Å². The lowest BCUT2D eigenvalue weighted by Gasteiger charge is -2.25. The molecule has 21 heavy (non-hydrogen) atoms. The van der Waals surface area contributed by atoms with Gasteiger partial charge in [-0.1, -0.05) is 20.8 Å². The number of carbonyl (C=O) groups is 1. The summed E-state index contributed by atoms with van der Waals surface area (Å²) in [6, 6.07) is 3.88. The highest BCUT2D eigenvalue weighted by atomic mass is 16.5. The quantitative estimate of drug-likeness (QED) is 0.928. The fourth-order valence-corrected chi connectivity index (χ4v) is 2.36. The number of likely N-dealkylation sites (N-methyl/N-ethyl adjacent to an activating group) is 1. The molecule has 1 atom stereocenters. The average Bonchev–Trinajstić information content (AvgIpc) is 2.98. The monoisotopic (exact) mass is 291 g/mol. The molecule has 1 saturated heterocycles. The first-order chi connectivity index (χ1) is 9.82. The Kier molecular flexibility index (Phi) is 4.52. The first-order valence-corrected chi connectivity index (χ1v) is 7.38. The van der Waals surface area contributed by atoms with Gasteiger partial charge in [0, 0.05) is 37.4 Å². The van der Waals surface area contributed by atoms with Crippen molar-refractivity contribution in [2.45, 2.75) is 38.6 Å². The number of hydrogen-bond donors (Lipinski definition) is 1. The lowest BCUT2D eigenvalue weighted by molar-refractivity contribution is 0.0711. The lowest BCUT2D eigenvalue weighted by atomic mass is 9.90. The van der Waals surface area contributed by atoms with E-state index in [0.29, 0.717) is 12.2 Å². The van der Waals surface area contributed by atoms with Crippen LogP contribution in [-0.4, -0.2) is 49.1 Å². The van der Waals surface area contributed by atoms with Crippen molar-refractivity contribution in [3.8, 4) is 0 Å². The first-order valence-electron chi connectivity index (χ1n) is 7.38. The number of carbonyl (C=O) groups excluding carboxylic acids is 1. The number of amides is 1. The highest BCUT2D eigenvalue weighted by Crippen LogP contribution is 2.24. The summed E-state index contributed by atoms with van der Waals surface area (Å²) in [7, 11) is 3.66. The molecule has 5 nitrogen and oxygen atoms in total.